The first-order valence-electron chi connectivity index (χ1n) is 6.44. The van der Waals surface area contributed by atoms with Crippen molar-refractivity contribution in [1.29, 1.82) is 0 Å². The Morgan fingerprint density at radius 1 is 1.20 bits per heavy atom. The number of benzene rings is 1. The van der Waals surface area contributed by atoms with Gasteiger partial charge in [-0.2, -0.15) is 0 Å². The smallest absolute Gasteiger partial charge is 0.211 e. The number of hydrogen-bond donors (Lipinski definition) is 1. The molecule has 2 unspecified atom stereocenters. The first-order valence-corrected chi connectivity index (χ1v) is 8.46. The Bertz CT molecular complexity index is 580. The molecule has 0 aliphatic heterocycles. The van der Waals surface area contributed by atoms with Crippen molar-refractivity contribution in [2.24, 2.45) is 11.8 Å². The highest BCUT2D eigenvalue weighted by Gasteiger charge is 2.28. The van der Waals surface area contributed by atoms with Crippen molar-refractivity contribution in [3.8, 4) is 0 Å². The molecule has 20 heavy (non-hydrogen) atoms. The van der Waals surface area contributed by atoms with E-state index in [4.69, 9.17) is 11.6 Å². The van der Waals surface area contributed by atoms with Crippen LogP contribution >= 0.6 is 11.6 Å². The van der Waals surface area contributed by atoms with Gasteiger partial charge in [-0.15, -0.1) is 11.6 Å². The number of alkyl halides is 1. The predicted molar refractivity (Wildman–Crippen MR) is 73.1 cm³/mol. The molecular formula is C13H16ClF2NO2S. The second-order valence-electron chi connectivity index (χ2n) is 5.03. The van der Waals surface area contributed by atoms with Crippen LogP contribution in [0.15, 0.2) is 23.1 Å². The van der Waals surface area contributed by atoms with E-state index in [2.05, 4.69) is 4.72 Å². The van der Waals surface area contributed by atoms with Crippen LogP contribution in [0.5, 0.6) is 0 Å². The molecule has 0 heterocycles. The topological polar surface area (TPSA) is 46.2 Å². The molecule has 0 bridgehead atoms. The minimum Gasteiger partial charge on any atom is -0.211 e. The predicted octanol–water partition coefficient (Wildman–Crippen LogP) is 2.90. The molecule has 112 valence electrons. The van der Waals surface area contributed by atoms with Crippen LogP contribution in [0.1, 0.15) is 19.3 Å². The van der Waals surface area contributed by atoms with Crippen molar-refractivity contribution >= 4 is 21.6 Å². The Kier molecular flexibility index (Phi) is 4.99. The van der Waals surface area contributed by atoms with E-state index in [1.165, 1.54) is 0 Å². The number of halogens is 3. The fraction of sp³-hybridized carbons (Fsp3) is 0.538. The third-order valence-electron chi connectivity index (χ3n) is 3.75. The first kappa shape index (κ1) is 15.7. The Labute approximate surface area is 122 Å². The van der Waals surface area contributed by atoms with Crippen molar-refractivity contribution in [2.75, 3.05) is 12.4 Å². The molecule has 0 aromatic heterocycles. The summed E-state index contributed by atoms with van der Waals surface area (Å²) in [5, 5.41) is 0. The van der Waals surface area contributed by atoms with Gasteiger partial charge in [0.25, 0.3) is 0 Å². The highest BCUT2D eigenvalue weighted by Crippen LogP contribution is 2.32. The van der Waals surface area contributed by atoms with E-state index in [1.54, 1.807) is 0 Å². The largest absolute Gasteiger partial charge is 0.240 e. The Balaban J connectivity index is 2.05. The summed E-state index contributed by atoms with van der Waals surface area (Å²) in [6, 6.07) is 2.54. The van der Waals surface area contributed by atoms with Gasteiger partial charge in [-0.1, -0.05) is 6.42 Å². The Morgan fingerprint density at radius 2 is 1.90 bits per heavy atom. The van der Waals surface area contributed by atoms with Crippen molar-refractivity contribution in [2.45, 2.75) is 24.2 Å². The minimum atomic E-state index is -3.82. The van der Waals surface area contributed by atoms with Crippen molar-refractivity contribution in [1.82, 2.24) is 4.72 Å². The maximum absolute atomic E-state index is 13.1. The molecule has 7 heteroatoms. The second-order valence-corrected chi connectivity index (χ2v) is 7.11. The van der Waals surface area contributed by atoms with Gasteiger partial charge in [0.05, 0.1) is 4.90 Å². The lowest BCUT2D eigenvalue weighted by Crippen LogP contribution is -2.31. The molecule has 1 saturated carbocycles. The third-order valence-corrected chi connectivity index (χ3v) is 5.57. The van der Waals surface area contributed by atoms with Gasteiger partial charge >= 0.3 is 0 Å². The SMILES string of the molecule is O=S(=O)(NCC1CCCC1CCl)c1ccc(F)c(F)c1. The van der Waals surface area contributed by atoms with E-state index >= 15 is 0 Å². The molecule has 2 atom stereocenters. The van der Waals surface area contributed by atoms with E-state index in [9.17, 15) is 17.2 Å². The molecule has 0 amide bonds. The second kappa shape index (κ2) is 6.37. The standard InChI is InChI=1S/C13H16ClF2NO2S/c14-7-9-2-1-3-10(9)8-17-20(18,19)11-4-5-12(15)13(16)6-11/h4-6,9-10,17H,1-3,7-8H2. The third kappa shape index (κ3) is 3.48. The monoisotopic (exact) mass is 323 g/mol. The van der Waals surface area contributed by atoms with Gasteiger partial charge in [0, 0.05) is 12.4 Å². The maximum atomic E-state index is 13.1. The zero-order valence-electron chi connectivity index (χ0n) is 10.8. The average molecular weight is 324 g/mol. The zero-order chi connectivity index (χ0) is 14.8. The molecule has 1 N–H and O–H groups in total. The summed E-state index contributed by atoms with van der Waals surface area (Å²) in [6.07, 6.45) is 2.97. The van der Waals surface area contributed by atoms with E-state index in [1.807, 2.05) is 0 Å². The van der Waals surface area contributed by atoms with E-state index < -0.39 is 21.7 Å². The lowest BCUT2D eigenvalue weighted by atomic mass is 9.98. The molecule has 2 rings (SSSR count). The molecular weight excluding hydrogens is 308 g/mol. The highest BCUT2D eigenvalue weighted by molar-refractivity contribution is 7.89. The number of sulfonamides is 1. The van der Waals surface area contributed by atoms with Gasteiger partial charge in [-0.3, -0.25) is 0 Å². The van der Waals surface area contributed by atoms with Gasteiger partial charge in [-0.05, 0) is 42.9 Å². The van der Waals surface area contributed by atoms with Crippen molar-refractivity contribution in [3.05, 3.63) is 29.8 Å². The molecule has 1 fully saturated rings. The molecule has 0 spiro atoms. The quantitative estimate of drug-likeness (QED) is 0.847. The van der Waals surface area contributed by atoms with Crippen LogP contribution in [-0.4, -0.2) is 20.8 Å². The minimum absolute atomic E-state index is 0.201. The van der Waals surface area contributed by atoms with E-state index in [0.29, 0.717) is 17.9 Å². The first-order chi connectivity index (χ1) is 9.44. The van der Waals surface area contributed by atoms with Crippen molar-refractivity contribution < 1.29 is 17.2 Å². The lowest BCUT2D eigenvalue weighted by molar-refractivity contribution is 0.418. The molecule has 0 radical (unpaired) electrons. The molecule has 1 aromatic rings. The molecule has 3 nitrogen and oxygen atoms in total. The fourth-order valence-corrected chi connectivity index (χ4v) is 4.04. The summed E-state index contributed by atoms with van der Waals surface area (Å²) in [5.74, 6) is -1.22. The fourth-order valence-electron chi connectivity index (χ4n) is 2.53. The van der Waals surface area contributed by atoms with E-state index in [-0.39, 0.29) is 17.4 Å². The average Bonchev–Trinajstić information content (AvgIpc) is 2.87. The van der Waals surface area contributed by atoms with Gasteiger partial charge in [0.2, 0.25) is 10.0 Å². The van der Waals surface area contributed by atoms with Crippen LogP contribution in [-0.2, 0) is 10.0 Å². The normalized spacial score (nSPS) is 23.1. The number of hydrogen-bond acceptors (Lipinski definition) is 2. The summed E-state index contributed by atoms with van der Waals surface area (Å²) >= 11 is 5.84. The molecule has 1 aliphatic carbocycles. The van der Waals surface area contributed by atoms with Gasteiger partial charge in [-0.25, -0.2) is 21.9 Å². The zero-order valence-corrected chi connectivity index (χ0v) is 12.4. The molecule has 1 aliphatic rings. The van der Waals surface area contributed by atoms with Crippen LogP contribution in [0.3, 0.4) is 0 Å². The van der Waals surface area contributed by atoms with Gasteiger partial charge in [0.1, 0.15) is 0 Å². The van der Waals surface area contributed by atoms with Crippen LogP contribution < -0.4 is 4.72 Å². The van der Waals surface area contributed by atoms with E-state index in [0.717, 1.165) is 31.4 Å². The van der Waals surface area contributed by atoms with Crippen molar-refractivity contribution in [3.63, 3.8) is 0 Å². The summed E-state index contributed by atoms with van der Waals surface area (Å²) in [4.78, 5) is -0.267. The van der Waals surface area contributed by atoms with Crippen LogP contribution in [0.4, 0.5) is 8.78 Å². The summed E-state index contributed by atoms with van der Waals surface area (Å²) in [5.41, 5.74) is 0. The Morgan fingerprint density at radius 3 is 2.55 bits per heavy atom. The molecule has 0 saturated heterocycles. The Hall–Kier alpha value is -0.720. The number of nitrogens with one attached hydrogen (secondary N) is 1. The summed E-state index contributed by atoms with van der Waals surface area (Å²) in [7, 11) is -3.82. The maximum Gasteiger partial charge on any atom is 0.240 e. The van der Waals surface area contributed by atoms with Crippen LogP contribution in [0.25, 0.3) is 0 Å². The summed E-state index contributed by atoms with van der Waals surface area (Å²) < 4.78 is 52.4. The van der Waals surface area contributed by atoms with Crippen LogP contribution in [0, 0.1) is 23.5 Å². The van der Waals surface area contributed by atoms with Gasteiger partial charge in [0.15, 0.2) is 11.6 Å². The summed E-state index contributed by atoms with van der Waals surface area (Å²) in [6.45, 7) is 0.277. The molecule has 1 aromatic carbocycles. The lowest BCUT2D eigenvalue weighted by Gasteiger charge is -2.17. The highest BCUT2D eigenvalue weighted by atomic mass is 35.5. The van der Waals surface area contributed by atoms with Crippen LogP contribution in [0.2, 0.25) is 0 Å². The number of rotatable bonds is 5. The van der Waals surface area contributed by atoms with Gasteiger partial charge < -0.3 is 0 Å².